The van der Waals surface area contributed by atoms with Crippen LogP contribution in [0.15, 0.2) is 97.1 Å². The summed E-state index contributed by atoms with van der Waals surface area (Å²) < 4.78 is 69.1. The molecule has 1 fully saturated rings. The summed E-state index contributed by atoms with van der Waals surface area (Å²) >= 11 is 13.2. The van der Waals surface area contributed by atoms with E-state index < -0.39 is 5.25 Å². The van der Waals surface area contributed by atoms with Crippen LogP contribution in [0.2, 0.25) is 10.0 Å². The highest BCUT2D eigenvalue weighted by atomic mass is 35.5. The smallest absolute Gasteiger partial charge is 0.304 e. The van der Waals surface area contributed by atoms with E-state index in [4.69, 9.17) is 61.3 Å². The van der Waals surface area contributed by atoms with Gasteiger partial charge in [-0.3, -0.25) is 0 Å². The number of pyridine rings is 1. The van der Waals surface area contributed by atoms with E-state index in [-0.39, 0.29) is 12.0 Å². The average Bonchev–Trinajstić information content (AvgIpc) is 3.27. The number of anilines is 1. The van der Waals surface area contributed by atoms with Crippen molar-refractivity contribution in [3.8, 4) is 11.6 Å². The number of nitrogens with zero attached hydrogens (tertiary/aromatic N) is 2. The van der Waals surface area contributed by atoms with Crippen molar-refractivity contribution in [3.05, 3.63) is 129 Å². The molecule has 0 aliphatic carbocycles. The van der Waals surface area contributed by atoms with Gasteiger partial charge in [-0.1, -0.05) is 71.2 Å². The Morgan fingerprint density at radius 1 is 0.651 bits per heavy atom. The number of halogens is 4. The zero-order valence-corrected chi connectivity index (χ0v) is 38.2. The fourth-order valence-corrected chi connectivity index (χ4v) is 8.16. The molecule has 1 saturated heterocycles. The van der Waals surface area contributed by atoms with Crippen LogP contribution in [-0.4, -0.2) is 113 Å². The second-order valence-electron chi connectivity index (χ2n) is 15.1. The number of alkyl halides is 2. The van der Waals surface area contributed by atoms with E-state index in [1.54, 1.807) is 4.31 Å². The monoisotopic (exact) mass is 927 g/mol. The quantitative estimate of drug-likeness (QED) is 0.0310. The van der Waals surface area contributed by atoms with Crippen molar-refractivity contribution in [2.75, 3.05) is 97.7 Å². The van der Waals surface area contributed by atoms with Gasteiger partial charge in [0.1, 0.15) is 19.0 Å². The number of rotatable bonds is 27. The van der Waals surface area contributed by atoms with E-state index in [9.17, 15) is 8.78 Å². The Morgan fingerprint density at radius 2 is 1.13 bits per heavy atom. The van der Waals surface area contributed by atoms with Gasteiger partial charge in [-0.15, -0.1) is 0 Å². The summed E-state index contributed by atoms with van der Waals surface area (Å²) in [7, 11) is 0. The molecular weight excluding hydrogens is 872 g/mol. The molecule has 0 spiro atoms. The Kier molecular flexibility index (Phi) is 19.8. The summed E-state index contributed by atoms with van der Waals surface area (Å²) in [6.45, 7) is 9.39. The number of aryl methyl sites for hydroxylation is 1. The van der Waals surface area contributed by atoms with E-state index in [1.165, 1.54) is 5.56 Å². The average molecular weight is 929 g/mol. The van der Waals surface area contributed by atoms with Gasteiger partial charge in [-0.05, 0) is 96.9 Å². The fourth-order valence-electron chi connectivity index (χ4n) is 7.06. The molecule has 1 N–H and O–H groups in total. The molecule has 0 saturated carbocycles. The zero-order chi connectivity index (χ0) is 44.3. The lowest BCUT2D eigenvalue weighted by Gasteiger charge is -2.33. The summed E-state index contributed by atoms with van der Waals surface area (Å²) in [5.74, 6) is 1.19. The molecule has 2 heterocycles. The molecule has 0 atom stereocenters. The van der Waals surface area contributed by atoms with Crippen LogP contribution in [0.25, 0.3) is 10.9 Å². The van der Waals surface area contributed by atoms with E-state index in [2.05, 4.69) is 17.4 Å². The van der Waals surface area contributed by atoms with Gasteiger partial charge in [0.05, 0.1) is 71.6 Å². The van der Waals surface area contributed by atoms with Gasteiger partial charge in [-0.2, -0.15) is 8.78 Å². The Labute approximate surface area is 383 Å². The fraction of sp³-hybridized carbons (Fsp3) is 0.438. The lowest BCUT2D eigenvalue weighted by molar-refractivity contribution is -0.0142. The molecule has 1 aromatic heterocycles. The van der Waals surface area contributed by atoms with Gasteiger partial charge in [-0.25, -0.2) is 9.29 Å². The summed E-state index contributed by atoms with van der Waals surface area (Å²) in [4.78, 5) is 4.87. The third kappa shape index (κ3) is 17.0. The molecule has 1 aliphatic rings. The predicted octanol–water partition coefficient (Wildman–Crippen LogP) is 10.7. The van der Waals surface area contributed by atoms with Crippen LogP contribution in [0, 0.1) is 6.92 Å². The minimum atomic E-state index is -2.81. The van der Waals surface area contributed by atoms with Crippen LogP contribution in [0.5, 0.6) is 11.6 Å². The van der Waals surface area contributed by atoms with Crippen molar-refractivity contribution in [1.29, 1.82) is 0 Å². The molecule has 340 valence electrons. The van der Waals surface area contributed by atoms with E-state index in [0.717, 1.165) is 46.0 Å². The van der Waals surface area contributed by atoms with Gasteiger partial charge >= 0.3 is 5.25 Å². The third-order valence-electron chi connectivity index (χ3n) is 10.1. The number of benzene rings is 4. The molecule has 0 radical (unpaired) electrons. The van der Waals surface area contributed by atoms with Gasteiger partial charge in [0.15, 0.2) is 0 Å². The molecule has 0 amide bonds. The molecule has 15 heteroatoms. The summed E-state index contributed by atoms with van der Waals surface area (Å²) in [5, 5.41) is 3.16. The number of nitrogens with one attached hydrogen (secondary N) is 1. The van der Waals surface area contributed by atoms with Crippen molar-refractivity contribution in [2.24, 2.45) is 0 Å². The zero-order valence-electron chi connectivity index (χ0n) is 35.9. The van der Waals surface area contributed by atoms with E-state index in [1.807, 2.05) is 91.9 Å². The summed E-state index contributed by atoms with van der Waals surface area (Å²) in [6, 6.07) is 31.9. The summed E-state index contributed by atoms with van der Waals surface area (Å²) in [6.07, 6.45) is 1.42. The number of piperidine rings is 1. The number of hydrogen-bond donors (Lipinski definition) is 1. The molecule has 10 nitrogen and oxygen atoms in total. The van der Waals surface area contributed by atoms with Gasteiger partial charge in [0.25, 0.3) is 0 Å². The van der Waals surface area contributed by atoms with Crippen molar-refractivity contribution >= 4 is 51.7 Å². The van der Waals surface area contributed by atoms with Gasteiger partial charge in [0.2, 0.25) is 5.88 Å². The molecule has 5 aromatic rings. The van der Waals surface area contributed by atoms with Crippen molar-refractivity contribution in [2.45, 2.75) is 43.9 Å². The summed E-state index contributed by atoms with van der Waals surface area (Å²) in [5.41, 5.74) is 6.04. The van der Waals surface area contributed by atoms with Crippen LogP contribution in [-0.2, 0) is 23.7 Å². The lowest BCUT2D eigenvalue weighted by atomic mass is 9.84. The highest BCUT2D eigenvalue weighted by molar-refractivity contribution is 7.98. The molecule has 63 heavy (non-hydrogen) atoms. The SMILES string of the molecule is Cc1ccc(OCCOCCOCCOCCOCCOCCOc2cc(NC3CCN(SC(C)(F)F)CC3)c3cc(C(c4ccc(Cl)cc4)c4ccc(Cl)cc4)ccc3n2)cc1. The Hall–Kier alpha value is -3.76. The van der Waals surface area contributed by atoms with Crippen molar-refractivity contribution < 1.29 is 41.9 Å². The minimum Gasteiger partial charge on any atom is -0.491 e. The first-order valence-electron chi connectivity index (χ1n) is 21.3. The second-order valence-corrected chi connectivity index (χ2v) is 17.4. The number of hydrogen-bond acceptors (Lipinski definition) is 11. The lowest BCUT2D eigenvalue weighted by Crippen LogP contribution is -2.37. The topological polar surface area (TPSA) is 92.8 Å². The van der Waals surface area contributed by atoms with E-state index in [0.29, 0.717) is 133 Å². The Balaban J connectivity index is 0.938. The largest absolute Gasteiger partial charge is 0.491 e. The molecule has 6 rings (SSSR count). The van der Waals surface area contributed by atoms with Gasteiger partial charge < -0.3 is 38.5 Å². The molecule has 1 aliphatic heterocycles. The first-order chi connectivity index (χ1) is 30.6. The van der Waals surface area contributed by atoms with Crippen LogP contribution in [0.1, 0.15) is 47.9 Å². The maximum Gasteiger partial charge on any atom is 0.304 e. The van der Waals surface area contributed by atoms with Gasteiger partial charge in [0, 0.05) is 59.2 Å². The highest BCUT2D eigenvalue weighted by Gasteiger charge is 2.30. The molecule has 0 bridgehead atoms. The second kappa shape index (κ2) is 25.7. The standard InChI is InChI=1S/C48H57Cl2F2N3O7S/c1-35-3-14-42(15-4-35)61-31-29-59-27-25-57-23-21-56-22-24-58-26-28-60-30-32-62-46-34-45(53-41-17-19-55(20-18-41)63-48(2,51)52)43-33-38(9-16-44(43)54-46)47(36-5-10-39(49)11-6-36)37-7-12-40(50)13-8-37/h3-16,33-34,41,47H,17-32H2,1-2H3,(H,53,54). The number of ether oxygens (including phenoxy) is 7. The van der Waals surface area contributed by atoms with Crippen LogP contribution < -0.4 is 14.8 Å². The van der Waals surface area contributed by atoms with Crippen LogP contribution in [0.4, 0.5) is 14.5 Å². The number of fused-ring (bicyclic) bond motifs is 1. The molecule has 4 aromatic carbocycles. The molecular formula is C48H57Cl2F2N3O7S. The normalized spacial score (nSPS) is 13.8. The molecule has 0 unspecified atom stereocenters. The maximum atomic E-state index is 13.8. The highest BCUT2D eigenvalue weighted by Crippen LogP contribution is 2.38. The first kappa shape index (κ1) is 48.7. The van der Waals surface area contributed by atoms with E-state index >= 15 is 0 Å². The maximum absolute atomic E-state index is 13.8. The predicted molar refractivity (Wildman–Crippen MR) is 248 cm³/mol. The first-order valence-corrected chi connectivity index (χ1v) is 22.9. The minimum absolute atomic E-state index is 0.0754. The Morgan fingerprint density at radius 3 is 1.63 bits per heavy atom. The van der Waals surface area contributed by atoms with Crippen LogP contribution >= 0.6 is 35.1 Å². The third-order valence-corrected chi connectivity index (χ3v) is 11.6. The number of aromatic nitrogens is 1. The van der Waals surface area contributed by atoms with Crippen molar-refractivity contribution in [1.82, 2.24) is 9.29 Å². The van der Waals surface area contributed by atoms with Crippen LogP contribution in [0.3, 0.4) is 0 Å². The Bertz CT molecular complexity index is 2050. The van der Waals surface area contributed by atoms with Crippen molar-refractivity contribution in [3.63, 3.8) is 0 Å².